The van der Waals surface area contributed by atoms with Crippen molar-refractivity contribution in [1.29, 1.82) is 0 Å². The fourth-order valence-corrected chi connectivity index (χ4v) is 7.48. The molecule has 0 radical (unpaired) electrons. The normalized spacial score (nSPS) is 40.9. The summed E-state index contributed by atoms with van der Waals surface area (Å²) in [6.07, 6.45) is 2.93. The number of carbonyl (C=O) groups excluding carboxylic acids is 4. The van der Waals surface area contributed by atoms with Crippen molar-refractivity contribution in [3.05, 3.63) is 24.2 Å². The number of hydrogen-bond donors (Lipinski definition) is 0. The molecule has 10 heteroatoms. The van der Waals surface area contributed by atoms with E-state index >= 15 is 0 Å². The van der Waals surface area contributed by atoms with Crippen LogP contribution in [0.1, 0.15) is 65.0 Å². The molecule has 2 aliphatic heterocycles. The summed E-state index contributed by atoms with van der Waals surface area (Å²) in [4.78, 5) is 50.2. The van der Waals surface area contributed by atoms with Crippen LogP contribution in [0, 0.1) is 22.7 Å². The number of furan rings is 1. The Kier molecular flexibility index (Phi) is 5.93. The first kappa shape index (κ1) is 24.8. The zero-order chi connectivity index (χ0) is 25.9. The molecule has 1 aromatic heterocycles. The van der Waals surface area contributed by atoms with Gasteiger partial charge in [-0.05, 0) is 37.2 Å². The molecular formula is C26H32O10. The van der Waals surface area contributed by atoms with Crippen molar-refractivity contribution in [1.82, 2.24) is 0 Å². The van der Waals surface area contributed by atoms with Gasteiger partial charge in [-0.3, -0.25) is 19.2 Å². The van der Waals surface area contributed by atoms with Gasteiger partial charge in [-0.15, -0.1) is 0 Å². The molecule has 3 heterocycles. The molecule has 2 saturated carbocycles. The number of rotatable bonds is 5. The zero-order valence-corrected chi connectivity index (χ0v) is 20.9. The van der Waals surface area contributed by atoms with Crippen molar-refractivity contribution in [2.75, 3.05) is 13.2 Å². The summed E-state index contributed by atoms with van der Waals surface area (Å²) in [6, 6.07) is 1.78. The SMILES string of the molecule is CC(=O)OC[C@@]12[C@@H](OC(C)=O)C[C@@H](C)[C@]3(C[C@H](c4ccoc4)OC3=O)[C@H]1CC[C@H](OC(C)=O)[C@]21CO1. The molecule has 196 valence electrons. The standard InChI is InChI=1S/C26H32O10/c1-14-9-22(35-17(4)29)25(12-32-15(2)27)20(5-6-21(34-16(3)28)26(25)13-33-26)24(14)10-19(36-23(24)30)18-7-8-31-11-18/h7-8,11,14,19-22H,5-6,9-10,12-13H2,1-4H3/t14-,19-,20-,21+,22+,24-,25+,26-/m1/s1. The molecule has 2 spiro atoms. The third kappa shape index (κ3) is 3.48. The van der Waals surface area contributed by atoms with Crippen LogP contribution < -0.4 is 0 Å². The van der Waals surface area contributed by atoms with Crippen molar-refractivity contribution in [2.45, 2.75) is 77.3 Å². The lowest BCUT2D eigenvalue weighted by Gasteiger charge is -2.62. The van der Waals surface area contributed by atoms with Crippen LogP contribution in [-0.2, 0) is 42.9 Å². The summed E-state index contributed by atoms with van der Waals surface area (Å²) in [5.41, 5.74) is -2.34. The second-order valence-corrected chi connectivity index (χ2v) is 10.7. The highest BCUT2D eigenvalue weighted by molar-refractivity contribution is 5.81. The highest BCUT2D eigenvalue weighted by Crippen LogP contribution is 2.71. The van der Waals surface area contributed by atoms with Gasteiger partial charge in [0, 0.05) is 32.8 Å². The first-order chi connectivity index (χ1) is 17.1. The van der Waals surface area contributed by atoms with Crippen molar-refractivity contribution in [3.8, 4) is 0 Å². The molecule has 36 heavy (non-hydrogen) atoms. The molecule has 4 aliphatic rings. The molecule has 0 aromatic carbocycles. The predicted molar refractivity (Wildman–Crippen MR) is 120 cm³/mol. The van der Waals surface area contributed by atoms with E-state index in [1.165, 1.54) is 27.0 Å². The number of carbonyl (C=O) groups is 4. The monoisotopic (exact) mass is 504 g/mol. The van der Waals surface area contributed by atoms with Gasteiger partial charge in [-0.2, -0.15) is 0 Å². The van der Waals surface area contributed by atoms with E-state index in [9.17, 15) is 19.2 Å². The topological polar surface area (TPSA) is 131 Å². The lowest BCUT2D eigenvalue weighted by molar-refractivity contribution is -0.247. The molecule has 0 amide bonds. The molecule has 8 atom stereocenters. The van der Waals surface area contributed by atoms with Crippen LogP contribution in [0.4, 0.5) is 0 Å². The van der Waals surface area contributed by atoms with Gasteiger partial charge in [0.1, 0.15) is 30.5 Å². The van der Waals surface area contributed by atoms with Crippen molar-refractivity contribution in [2.24, 2.45) is 22.7 Å². The average Bonchev–Trinajstić information content (AvgIpc) is 3.24. The molecule has 10 nitrogen and oxygen atoms in total. The van der Waals surface area contributed by atoms with Crippen LogP contribution >= 0.6 is 0 Å². The van der Waals surface area contributed by atoms with E-state index in [4.69, 9.17) is 28.1 Å². The van der Waals surface area contributed by atoms with E-state index in [1.807, 2.05) is 6.92 Å². The first-order valence-corrected chi connectivity index (χ1v) is 12.4. The van der Waals surface area contributed by atoms with Gasteiger partial charge in [0.15, 0.2) is 0 Å². The molecule has 4 fully saturated rings. The van der Waals surface area contributed by atoms with E-state index in [1.54, 1.807) is 12.3 Å². The number of ether oxygens (including phenoxy) is 5. The molecule has 0 N–H and O–H groups in total. The summed E-state index contributed by atoms with van der Waals surface area (Å²) in [5, 5.41) is 0. The minimum atomic E-state index is -1.11. The van der Waals surface area contributed by atoms with Crippen LogP contribution in [0.3, 0.4) is 0 Å². The van der Waals surface area contributed by atoms with E-state index < -0.39 is 58.6 Å². The third-order valence-electron chi connectivity index (χ3n) is 8.94. The number of cyclic esters (lactones) is 1. The quantitative estimate of drug-likeness (QED) is 0.335. The van der Waals surface area contributed by atoms with Crippen molar-refractivity contribution >= 4 is 23.9 Å². The van der Waals surface area contributed by atoms with Gasteiger partial charge in [0.2, 0.25) is 0 Å². The lowest BCUT2D eigenvalue weighted by Crippen LogP contribution is -2.71. The van der Waals surface area contributed by atoms with Crippen molar-refractivity contribution in [3.63, 3.8) is 0 Å². The number of hydrogen-bond acceptors (Lipinski definition) is 10. The molecule has 5 rings (SSSR count). The Balaban J connectivity index is 1.65. The van der Waals surface area contributed by atoms with Gasteiger partial charge >= 0.3 is 23.9 Å². The Hall–Kier alpha value is -2.88. The highest BCUT2D eigenvalue weighted by atomic mass is 16.6. The Labute approximate surface area is 208 Å². The van der Waals surface area contributed by atoms with Gasteiger partial charge in [0.05, 0.1) is 30.0 Å². The van der Waals surface area contributed by atoms with Gasteiger partial charge in [-0.1, -0.05) is 6.92 Å². The summed E-state index contributed by atoms with van der Waals surface area (Å²) in [6.45, 7) is 6.03. The lowest BCUT2D eigenvalue weighted by atomic mass is 9.42. The van der Waals surface area contributed by atoms with Crippen LogP contribution in [0.25, 0.3) is 0 Å². The minimum Gasteiger partial charge on any atom is -0.472 e. The molecule has 0 bridgehead atoms. The Bertz CT molecular complexity index is 1060. The highest BCUT2D eigenvalue weighted by Gasteiger charge is 2.81. The van der Waals surface area contributed by atoms with E-state index in [0.29, 0.717) is 25.7 Å². The summed E-state index contributed by atoms with van der Waals surface area (Å²) in [7, 11) is 0. The fraction of sp³-hybridized carbons (Fsp3) is 0.692. The Morgan fingerprint density at radius 1 is 1.06 bits per heavy atom. The Morgan fingerprint density at radius 3 is 2.33 bits per heavy atom. The van der Waals surface area contributed by atoms with E-state index in [-0.39, 0.29) is 25.1 Å². The minimum absolute atomic E-state index is 0.138. The summed E-state index contributed by atoms with van der Waals surface area (Å²) in [5.74, 6) is -2.41. The molecule has 2 aliphatic carbocycles. The van der Waals surface area contributed by atoms with Gasteiger partial charge in [0.25, 0.3) is 0 Å². The predicted octanol–water partition coefficient (Wildman–Crippen LogP) is 2.89. The van der Waals surface area contributed by atoms with E-state index in [0.717, 1.165) is 5.56 Å². The largest absolute Gasteiger partial charge is 0.472 e. The molecule has 0 unspecified atom stereocenters. The molecule has 2 saturated heterocycles. The second-order valence-electron chi connectivity index (χ2n) is 10.7. The van der Waals surface area contributed by atoms with E-state index in [2.05, 4.69) is 0 Å². The van der Waals surface area contributed by atoms with Crippen LogP contribution in [-0.4, -0.2) is 54.9 Å². The van der Waals surface area contributed by atoms with Crippen LogP contribution in [0.5, 0.6) is 0 Å². The fourth-order valence-electron chi connectivity index (χ4n) is 7.48. The maximum atomic E-state index is 13.8. The molecule has 1 aromatic rings. The first-order valence-electron chi connectivity index (χ1n) is 12.4. The number of fused-ring (bicyclic) bond motifs is 3. The van der Waals surface area contributed by atoms with Crippen molar-refractivity contribution < 1.29 is 47.3 Å². The number of esters is 4. The van der Waals surface area contributed by atoms with Crippen LogP contribution in [0.2, 0.25) is 0 Å². The van der Waals surface area contributed by atoms with Gasteiger partial charge < -0.3 is 28.1 Å². The number of epoxide rings is 1. The second kappa shape index (κ2) is 8.61. The zero-order valence-electron chi connectivity index (χ0n) is 20.9. The average molecular weight is 505 g/mol. The van der Waals surface area contributed by atoms with Crippen LogP contribution in [0.15, 0.2) is 23.0 Å². The van der Waals surface area contributed by atoms with Gasteiger partial charge in [-0.25, -0.2) is 0 Å². The smallest absolute Gasteiger partial charge is 0.313 e. The third-order valence-corrected chi connectivity index (χ3v) is 8.94. The summed E-state index contributed by atoms with van der Waals surface area (Å²) < 4.78 is 34.6. The Morgan fingerprint density at radius 2 is 1.75 bits per heavy atom. The maximum absolute atomic E-state index is 13.8. The molecular weight excluding hydrogens is 472 g/mol. The maximum Gasteiger partial charge on any atom is 0.313 e. The summed E-state index contributed by atoms with van der Waals surface area (Å²) >= 11 is 0.